The van der Waals surface area contributed by atoms with E-state index in [4.69, 9.17) is 9.47 Å². The molecule has 3 rings (SSSR count). The molecule has 2 aliphatic heterocycles. The Kier molecular flexibility index (Phi) is 10.2. The highest BCUT2D eigenvalue weighted by Crippen LogP contribution is 2.30. The molecule has 0 aromatic heterocycles. The first kappa shape index (κ1) is 30.3. The Morgan fingerprint density at radius 2 is 1.97 bits per heavy atom. The fourth-order valence-electron chi connectivity index (χ4n) is 5.11. The number of likely N-dealkylation sites (tertiary alicyclic amines) is 1. The third kappa shape index (κ3) is 7.44. The molecule has 0 spiro atoms. The Hall–Kier alpha value is -3.27. The SMILES string of the molecule is C=CCCCC(F)(F)CN[C@H](C(=O)N1C[C@H](OC(=O)N2Cc3cccc(C=C)c3C2)C[C@H]1C(=O)OC)C(C)C. The molecule has 8 nitrogen and oxygen atoms in total. The smallest absolute Gasteiger partial charge is 0.410 e. The lowest BCUT2D eigenvalue weighted by Gasteiger charge is -2.31. The van der Waals surface area contributed by atoms with Crippen molar-refractivity contribution in [2.45, 2.75) is 76.7 Å². The highest BCUT2D eigenvalue weighted by Gasteiger charge is 2.45. The second-order valence-corrected chi connectivity index (χ2v) is 10.5. The van der Waals surface area contributed by atoms with Crippen LogP contribution in [-0.2, 0) is 32.2 Å². The van der Waals surface area contributed by atoms with Crippen molar-refractivity contribution in [1.29, 1.82) is 0 Å². The van der Waals surface area contributed by atoms with E-state index in [0.29, 0.717) is 25.9 Å². The third-order valence-electron chi connectivity index (χ3n) is 7.25. The highest BCUT2D eigenvalue weighted by atomic mass is 19.3. The first-order valence-corrected chi connectivity index (χ1v) is 13.3. The van der Waals surface area contributed by atoms with Crippen LogP contribution >= 0.6 is 0 Å². The number of carbonyl (C=O) groups excluding carboxylic acids is 3. The van der Waals surface area contributed by atoms with Crippen LogP contribution in [0.4, 0.5) is 13.6 Å². The third-order valence-corrected chi connectivity index (χ3v) is 7.25. The minimum absolute atomic E-state index is 0.0380. The van der Waals surface area contributed by atoms with Gasteiger partial charge in [-0.25, -0.2) is 18.4 Å². The number of amides is 2. The molecule has 1 aromatic rings. The molecule has 0 saturated carbocycles. The van der Waals surface area contributed by atoms with Crippen LogP contribution in [0.2, 0.25) is 0 Å². The van der Waals surface area contributed by atoms with Crippen LogP contribution in [0.15, 0.2) is 37.4 Å². The van der Waals surface area contributed by atoms with Gasteiger partial charge in [0.2, 0.25) is 5.91 Å². The van der Waals surface area contributed by atoms with Crippen molar-refractivity contribution >= 4 is 24.0 Å². The van der Waals surface area contributed by atoms with Crippen LogP contribution in [0.1, 0.15) is 56.2 Å². The van der Waals surface area contributed by atoms with Crippen LogP contribution in [0, 0.1) is 5.92 Å². The number of rotatable bonds is 12. The van der Waals surface area contributed by atoms with Crippen molar-refractivity contribution in [2.24, 2.45) is 5.92 Å². The molecule has 3 atom stereocenters. The number of benzene rings is 1. The molecular formula is C29H39F2N3O5. The largest absolute Gasteiger partial charge is 0.467 e. The van der Waals surface area contributed by atoms with Crippen molar-refractivity contribution in [3.8, 4) is 0 Å². The molecule has 0 radical (unpaired) electrons. The van der Waals surface area contributed by atoms with Crippen molar-refractivity contribution in [1.82, 2.24) is 15.1 Å². The van der Waals surface area contributed by atoms with Crippen LogP contribution < -0.4 is 5.32 Å². The number of hydrogen-bond acceptors (Lipinski definition) is 6. The lowest BCUT2D eigenvalue weighted by Crippen LogP contribution is -2.54. The molecule has 1 aromatic carbocycles. The Balaban J connectivity index is 1.67. The number of allylic oxidation sites excluding steroid dienone is 1. The fraction of sp³-hybridized carbons (Fsp3) is 0.552. The van der Waals surface area contributed by atoms with Gasteiger partial charge in [-0.15, -0.1) is 6.58 Å². The van der Waals surface area contributed by atoms with Gasteiger partial charge >= 0.3 is 12.1 Å². The zero-order valence-corrected chi connectivity index (χ0v) is 23.0. The number of carbonyl (C=O) groups is 3. The summed E-state index contributed by atoms with van der Waals surface area (Å²) in [6.07, 6.45) is 2.54. The normalized spacial score (nSPS) is 19.5. The lowest BCUT2D eigenvalue weighted by atomic mass is 10.0. The van der Waals surface area contributed by atoms with Gasteiger partial charge < -0.3 is 14.4 Å². The summed E-state index contributed by atoms with van der Waals surface area (Å²) in [5.74, 6) is -4.49. The van der Waals surface area contributed by atoms with E-state index in [-0.39, 0.29) is 25.3 Å². The van der Waals surface area contributed by atoms with Gasteiger partial charge in [0, 0.05) is 19.4 Å². The van der Waals surface area contributed by atoms with E-state index in [1.54, 1.807) is 30.9 Å². The summed E-state index contributed by atoms with van der Waals surface area (Å²) < 4.78 is 39.4. The summed E-state index contributed by atoms with van der Waals surface area (Å²) in [7, 11) is 1.21. The van der Waals surface area contributed by atoms with Crippen LogP contribution in [0.25, 0.3) is 6.08 Å². The van der Waals surface area contributed by atoms with Crippen LogP contribution in [-0.4, -0.2) is 72.1 Å². The molecule has 2 amide bonds. The number of nitrogens with one attached hydrogen (secondary N) is 1. The maximum absolute atomic E-state index is 14.4. The lowest BCUT2D eigenvalue weighted by molar-refractivity contribution is -0.152. The van der Waals surface area contributed by atoms with Gasteiger partial charge in [-0.1, -0.05) is 50.8 Å². The predicted octanol–water partition coefficient (Wildman–Crippen LogP) is 4.53. The highest BCUT2D eigenvalue weighted by molar-refractivity contribution is 5.88. The van der Waals surface area contributed by atoms with Gasteiger partial charge in [-0.3, -0.25) is 15.0 Å². The molecule has 0 unspecified atom stereocenters. The van der Waals surface area contributed by atoms with Crippen molar-refractivity contribution in [3.63, 3.8) is 0 Å². The summed E-state index contributed by atoms with van der Waals surface area (Å²) >= 11 is 0. The molecule has 1 N–H and O–H groups in total. The van der Waals surface area contributed by atoms with Crippen LogP contribution in [0.3, 0.4) is 0 Å². The Morgan fingerprint density at radius 3 is 2.62 bits per heavy atom. The van der Waals surface area contributed by atoms with Crippen LogP contribution in [0.5, 0.6) is 0 Å². The number of unbranched alkanes of at least 4 members (excludes halogenated alkanes) is 1. The quantitative estimate of drug-likeness (QED) is 0.235. The zero-order valence-electron chi connectivity index (χ0n) is 23.0. The number of esters is 1. The number of fused-ring (bicyclic) bond motifs is 1. The van der Waals surface area contributed by atoms with Gasteiger partial charge in [0.25, 0.3) is 5.92 Å². The molecular weight excluding hydrogens is 508 g/mol. The summed E-state index contributed by atoms with van der Waals surface area (Å²) in [6, 6.07) is 3.84. The second kappa shape index (κ2) is 13.2. The maximum Gasteiger partial charge on any atom is 0.410 e. The number of methoxy groups -OCH3 is 1. The standard InChI is InChI=1S/C29H39F2N3O5/c1-6-8-9-13-29(30,31)18-32-25(19(3)4)26(35)34-16-22(14-24(34)27(36)38-5)39-28(37)33-15-21-12-10-11-20(7-2)23(21)17-33/h6-7,10-12,19,22,24-25,32H,1-2,8-9,13-18H2,3-5H3/t22-,24+,25+/m1/s1. The molecule has 2 heterocycles. The molecule has 2 aliphatic rings. The monoisotopic (exact) mass is 547 g/mol. The fourth-order valence-corrected chi connectivity index (χ4v) is 5.11. The van der Waals surface area contributed by atoms with E-state index in [0.717, 1.165) is 16.7 Å². The van der Waals surface area contributed by atoms with E-state index in [9.17, 15) is 23.2 Å². The average Bonchev–Trinajstić information content (AvgIpc) is 3.52. The number of hydrogen-bond donors (Lipinski definition) is 1. The van der Waals surface area contributed by atoms with Gasteiger partial charge in [0.1, 0.15) is 12.1 Å². The van der Waals surface area contributed by atoms with E-state index in [2.05, 4.69) is 18.5 Å². The molecule has 0 bridgehead atoms. The van der Waals surface area contributed by atoms with E-state index in [1.165, 1.54) is 12.0 Å². The van der Waals surface area contributed by atoms with Gasteiger partial charge in [-0.2, -0.15) is 0 Å². The molecule has 0 aliphatic carbocycles. The Bertz CT molecular complexity index is 1080. The predicted molar refractivity (Wildman–Crippen MR) is 144 cm³/mol. The summed E-state index contributed by atoms with van der Waals surface area (Å²) in [5, 5.41) is 2.72. The number of alkyl halides is 2. The zero-order chi connectivity index (χ0) is 28.7. The van der Waals surface area contributed by atoms with E-state index < -0.39 is 48.6 Å². The Labute approximate surface area is 229 Å². The van der Waals surface area contributed by atoms with Crippen molar-refractivity contribution in [3.05, 3.63) is 54.1 Å². The Morgan fingerprint density at radius 1 is 1.23 bits per heavy atom. The summed E-state index contributed by atoms with van der Waals surface area (Å²) in [4.78, 5) is 42.0. The van der Waals surface area contributed by atoms with Gasteiger partial charge in [0.05, 0.1) is 32.8 Å². The molecule has 1 fully saturated rings. The second-order valence-electron chi connectivity index (χ2n) is 10.5. The van der Waals surface area contributed by atoms with Crippen molar-refractivity contribution < 1.29 is 32.6 Å². The molecule has 214 valence electrons. The topological polar surface area (TPSA) is 88.2 Å². The minimum atomic E-state index is -3.00. The van der Waals surface area contributed by atoms with E-state index >= 15 is 0 Å². The summed E-state index contributed by atoms with van der Waals surface area (Å²) in [5.41, 5.74) is 2.96. The first-order chi connectivity index (χ1) is 18.5. The van der Waals surface area contributed by atoms with Gasteiger partial charge in [-0.05, 0) is 35.4 Å². The molecule has 39 heavy (non-hydrogen) atoms. The van der Waals surface area contributed by atoms with Gasteiger partial charge in [0.15, 0.2) is 0 Å². The minimum Gasteiger partial charge on any atom is -0.467 e. The molecule has 1 saturated heterocycles. The average molecular weight is 548 g/mol. The van der Waals surface area contributed by atoms with Crippen molar-refractivity contribution in [2.75, 3.05) is 20.2 Å². The number of halogens is 2. The first-order valence-electron chi connectivity index (χ1n) is 13.3. The summed E-state index contributed by atoms with van der Waals surface area (Å²) in [6.45, 7) is 10.9. The number of nitrogens with zero attached hydrogens (tertiary/aromatic N) is 2. The maximum atomic E-state index is 14.4. The molecule has 10 heteroatoms. The number of ether oxygens (including phenoxy) is 2. The van der Waals surface area contributed by atoms with E-state index in [1.807, 2.05) is 18.2 Å².